The first-order valence-corrected chi connectivity index (χ1v) is 13.0. The van der Waals surface area contributed by atoms with Gasteiger partial charge in [0, 0.05) is 31.7 Å². The number of hydrogen-bond acceptors (Lipinski definition) is 4. The van der Waals surface area contributed by atoms with E-state index in [0.29, 0.717) is 38.4 Å². The average Bonchev–Trinajstić information content (AvgIpc) is 3.27. The number of fused-ring (bicyclic) bond motifs is 1. The lowest BCUT2D eigenvalue weighted by Gasteiger charge is -2.27. The van der Waals surface area contributed by atoms with Crippen LogP contribution in [0.1, 0.15) is 40.7 Å². The van der Waals surface area contributed by atoms with Gasteiger partial charge in [0.1, 0.15) is 5.82 Å². The zero-order chi connectivity index (χ0) is 26.6. The first kappa shape index (κ1) is 25.5. The summed E-state index contributed by atoms with van der Waals surface area (Å²) in [4.78, 5) is 31.2. The molecule has 5 rings (SSSR count). The van der Waals surface area contributed by atoms with E-state index in [4.69, 9.17) is 9.72 Å². The standard InChI is InChI=1S/C30H32N4O4/c1-3-6-27-32-28-20(2)17-23(31-30(37)33-13-15-38-16-14-33)18-26(28)34(27)19-21-9-11-22(12-10-21)24-7-4-5-8-25(24)29(35)36/h4-5,7-12,17-18H,3,6,13-16,19H2,1-2H3,(H,31,37)(H,35,36). The minimum atomic E-state index is -0.939. The van der Waals surface area contributed by atoms with E-state index < -0.39 is 5.97 Å². The number of hydrogen-bond donors (Lipinski definition) is 2. The Balaban J connectivity index is 1.45. The Morgan fingerprint density at radius 2 is 1.79 bits per heavy atom. The Morgan fingerprint density at radius 3 is 2.50 bits per heavy atom. The van der Waals surface area contributed by atoms with E-state index in [1.165, 1.54) is 0 Å². The highest BCUT2D eigenvalue weighted by atomic mass is 16.5. The lowest BCUT2D eigenvalue weighted by molar-refractivity contribution is 0.0564. The van der Waals surface area contributed by atoms with E-state index in [1.54, 1.807) is 17.0 Å². The predicted molar refractivity (Wildman–Crippen MR) is 148 cm³/mol. The summed E-state index contributed by atoms with van der Waals surface area (Å²) in [5, 5.41) is 12.6. The Bertz CT molecular complexity index is 1470. The molecule has 196 valence electrons. The number of carbonyl (C=O) groups is 2. The van der Waals surface area contributed by atoms with Crippen LogP contribution in [0.2, 0.25) is 0 Å². The number of benzene rings is 3. The molecule has 38 heavy (non-hydrogen) atoms. The van der Waals surface area contributed by atoms with Crippen molar-refractivity contribution in [2.45, 2.75) is 33.2 Å². The Kier molecular flexibility index (Phi) is 7.42. The zero-order valence-corrected chi connectivity index (χ0v) is 21.7. The topological polar surface area (TPSA) is 96.7 Å². The smallest absolute Gasteiger partial charge is 0.336 e. The molecule has 1 aliphatic heterocycles. The lowest BCUT2D eigenvalue weighted by atomic mass is 9.99. The van der Waals surface area contributed by atoms with Crippen LogP contribution >= 0.6 is 0 Å². The molecule has 0 atom stereocenters. The minimum Gasteiger partial charge on any atom is -0.478 e. The number of amides is 2. The van der Waals surface area contributed by atoms with Crippen LogP contribution in [-0.4, -0.2) is 57.9 Å². The van der Waals surface area contributed by atoms with Crippen LogP contribution in [-0.2, 0) is 17.7 Å². The normalized spacial score (nSPS) is 13.6. The summed E-state index contributed by atoms with van der Waals surface area (Å²) in [5.41, 5.74) is 6.60. The third-order valence-corrected chi connectivity index (χ3v) is 6.91. The quantitative estimate of drug-likeness (QED) is 0.337. The van der Waals surface area contributed by atoms with Crippen molar-refractivity contribution < 1.29 is 19.4 Å². The van der Waals surface area contributed by atoms with Crippen molar-refractivity contribution in [1.29, 1.82) is 0 Å². The zero-order valence-electron chi connectivity index (χ0n) is 21.7. The number of ether oxygens (including phenoxy) is 1. The van der Waals surface area contributed by atoms with Gasteiger partial charge in [0.2, 0.25) is 0 Å². The number of aromatic nitrogens is 2. The van der Waals surface area contributed by atoms with Crippen LogP contribution in [0.25, 0.3) is 22.2 Å². The maximum Gasteiger partial charge on any atom is 0.336 e. The Morgan fingerprint density at radius 1 is 1.05 bits per heavy atom. The fraction of sp³-hybridized carbons (Fsp3) is 0.300. The molecule has 2 N–H and O–H groups in total. The number of carbonyl (C=O) groups excluding carboxylic acids is 1. The number of carboxylic acids is 1. The molecule has 4 aromatic rings. The molecule has 2 amide bonds. The number of aromatic carboxylic acids is 1. The molecule has 0 bridgehead atoms. The van der Waals surface area contributed by atoms with Crippen molar-refractivity contribution in [3.63, 3.8) is 0 Å². The van der Waals surface area contributed by atoms with Gasteiger partial charge < -0.3 is 24.6 Å². The first-order valence-electron chi connectivity index (χ1n) is 13.0. The number of anilines is 1. The second-order valence-corrected chi connectivity index (χ2v) is 9.60. The fourth-order valence-electron chi connectivity index (χ4n) is 4.97. The molecule has 0 saturated carbocycles. The molecule has 1 aromatic heterocycles. The van der Waals surface area contributed by atoms with E-state index in [0.717, 1.165) is 52.1 Å². The number of nitrogens with one attached hydrogen (secondary N) is 1. The van der Waals surface area contributed by atoms with Gasteiger partial charge in [-0.1, -0.05) is 49.4 Å². The number of urea groups is 1. The van der Waals surface area contributed by atoms with Gasteiger partial charge in [-0.25, -0.2) is 14.6 Å². The number of aryl methyl sites for hydroxylation is 2. The first-order chi connectivity index (χ1) is 18.4. The number of morpholine rings is 1. The molecule has 0 unspecified atom stereocenters. The van der Waals surface area contributed by atoms with Gasteiger partial charge in [0.15, 0.2) is 0 Å². The Hall–Kier alpha value is -4.17. The summed E-state index contributed by atoms with van der Waals surface area (Å²) in [6.45, 7) is 7.05. The molecule has 0 radical (unpaired) electrons. The van der Waals surface area contributed by atoms with Gasteiger partial charge in [-0.3, -0.25) is 0 Å². The van der Waals surface area contributed by atoms with Gasteiger partial charge in [-0.05, 0) is 53.8 Å². The second-order valence-electron chi connectivity index (χ2n) is 9.60. The molecule has 0 aliphatic carbocycles. The van der Waals surface area contributed by atoms with Crippen molar-refractivity contribution in [2.24, 2.45) is 0 Å². The lowest BCUT2D eigenvalue weighted by Crippen LogP contribution is -2.43. The van der Waals surface area contributed by atoms with Crippen LogP contribution < -0.4 is 5.32 Å². The van der Waals surface area contributed by atoms with Crippen molar-refractivity contribution in [3.05, 3.63) is 83.2 Å². The third-order valence-electron chi connectivity index (χ3n) is 6.91. The molecule has 3 aromatic carbocycles. The molecule has 0 spiro atoms. The van der Waals surface area contributed by atoms with E-state index in [2.05, 4.69) is 16.8 Å². The summed E-state index contributed by atoms with van der Waals surface area (Å²) in [5.74, 6) is 0.0632. The highest BCUT2D eigenvalue weighted by molar-refractivity contribution is 5.96. The molecule has 1 aliphatic rings. The number of imidazole rings is 1. The Labute approximate surface area is 221 Å². The summed E-state index contributed by atoms with van der Waals surface area (Å²) in [7, 11) is 0. The molecule has 8 nitrogen and oxygen atoms in total. The number of nitrogens with zero attached hydrogens (tertiary/aromatic N) is 3. The largest absolute Gasteiger partial charge is 0.478 e. The van der Waals surface area contributed by atoms with Gasteiger partial charge in [0.25, 0.3) is 0 Å². The third kappa shape index (κ3) is 5.26. The van der Waals surface area contributed by atoms with Crippen molar-refractivity contribution >= 4 is 28.7 Å². The summed E-state index contributed by atoms with van der Waals surface area (Å²) in [6.07, 6.45) is 1.81. The van der Waals surface area contributed by atoms with Gasteiger partial charge >= 0.3 is 12.0 Å². The van der Waals surface area contributed by atoms with Crippen LogP contribution in [0.3, 0.4) is 0 Å². The summed E-state index contributed by atoms with van der Waals surface area (Å²) in [6, 6.07) is 18.9. The summed E-state index contributed by atoms with van der Waals surface area (Å²) < 4.78 is 7.58. The molecular weight excluding hydrogens is 480 g/mol. The highest BCUT2D eigenvalue weighted by Gasteiger charge is 2.19. The van der Waals surface area contributed by atoms with Crippen LogP contribution in [0.5, 0.6) is 0 Å². The van der Waals surface area contributed by atoms with Crippen molar-refractivity contribution in [3.8, 4) is 11.1 Å². The average molecular weight is 513 g/mol. The molecule has 8 heteroatoms. The predicted octanol–water partition coefficient (Wildman–Crippen LogP) is 5.57. The van der Waals surface area contributed by atoms with E-state index >= 15 is 0 Å². The van der Waals surface area contributed by atoms with Crippen LogP contribution in [0, 0.1) is 6.92 Å². The molecule has 1 fully saturated rings. The van der Waals surface area contributed by atoms with Crippen molar-refractivity contribution in [2.75, 3.05) is 31.6 Å². The molecule has 2 heterocycles. The summed E-state index contributed by atoms with van der Waals surface area (Å²) >= 11 is 0. The van der Waals surface area contributed by atoms with Gasteiger partial charge in [-0.2, -0.15) is 0 Å². The van der Waals surface area contributed by atoms with E-state index in [9.17, 15) is 14.7 Å². The molecular formula is C30H32N4O4. The van der Waals surface area contributed by atoms with Gasteiger partial charge in [0.05, 0.1) is 29.8 Å². The monoisotopic (exact) mass is 512 g/mol. The van der Waals surface area contributed by atoms with Crippen LogP contribution in [0.4, 0.5) is 10.5 Å². The minimum absolute atomic E-state index is 0.121. The van der Waals surface area contributed by atoms with Crippen LogP contribution in [0.15, 0.2) is 60.7 Å². The fourth-order valence-corrected chi connectivity index (χ4v) is 4.97. The SMILES string of the molecule is CCCc1nc2c(C)cc(NC(=O)N3CCOCC3)cc2n1Cc1ccc(-c2ccccc2C(=O)O)cc1. The second kappa shape index (κ2) is 11.1. The maximum atomic E-state index is 12.8. The molecule has 1 saturated heterocycles. The maximum absolute atomic E-state index is 12.8. The number of rotatable bonds is 7. The van der Waals surface area contributed by atoms with Crippen molar-refractivity contribution in [1.82, 2.24) is 14.5 Å². The highest BCUT2D eigenvalue weighted by Crippen LogP contribution is 2.28. The van der Waals surface area contributed by atoms with Gasteiger partial charge in [-0.15, -0.1) is 0 Å². The number of carboxylic acid groups (broad SMARTS) is 1. The van der Waals surface area contributed by atoms with E-state index in [1.807, 2.05) is 55.5 Å². The van der Waals surface area contributed by atoms with E-state index in [-0.39, 0.29) is 11.6 Å².